The van der Waals surface area contributed by atoms with Gasteiger partial charge in [0.25, 0.3) is 0 Å². The topological polar surface area (TPSA) is 51.2 Å². The van der Waals surface area contributed by atoms with Gasteiger partial charge in [0.2, 0.25) is 0 Å². The van der Waals surface area contributed by atoms with Gasteiger partial charge in [-0.15, -0.1) is 0 Å². The van der Waals surface area contributed by atoms with Crippen LogP contribution in [0.4, 0.5) is 5.82 Å². The fraction of sp³-hybridized carbons (Fsp3) is 0.250. The second kappa shape index (κ2) is 4.40. The summed E-state index contributed by atoms with van der Waals surface area (Å²) in [5.74, 6) is 0.166. The molecule has 4 nitrogen and oxygen atoms in total. The number of carbonyl (C=O) groups excluding carboxylic acids is 1. The van der Waals surface area contributed by atoms with E-state index in [1.165, 1.54) is 6.92 Å². The number of halogens is 1. The van der Waals surface area contributed by atoms with Gasteiger partial charge in [0.1, 0.15) is 0 Å². The summed E-state index contributed by atoms with van der Waals surface area (Å²) in [4.78, 5) is 19.1. The van der Waals surface area contributed by atoms with Gasteiger partial charge in [-0.2, -0.15) is 5.48 Å². The first-order valence-electron chi connectivity index (χ1n) is 3.65. The maximum absolute atomic E-state index is 10.5. The van der Waals surface area contributed by atoms with Gasteiger partial charge in [0.15, 0.2) is 5.82 Å². The molecule has 0 fully saturated rings. The molecule has 0 aliphatic carbocycles. The van der Waals surface area contributed by atoms with Crippen LogP contribution in [0.2, 0.25) is 0 Å². The number of hydrogen-bond acceptors (Lipinski definition) is 4. The molecule has 1 aromatic rings. The van der Waals surface area contributed by atoms with Crippen molar-refractivity contribution in [3.8, 4) is 0 Å². The number of rotatable bonds is 2. The third-order valence-corrected chi connectivity index (χ3v) is 2.09. The first-order valence-corrected chi connectivity index (χ1v) is 4.73. The zero-order chi connectivity index (χ0) is 9.84. The molecule has 0 aliphatic rings. The molecule has 1 aromatic heterocycles. The van der Waals surface area contributed by atoms with Crippen LogP contribution in [0.15, 0.2) is 12.3 Å². The lowest BCUT2D eigenvalue weighted by Gasteiger charge is -2.05. The molecule has 1 N–H and O–H groups in total. The van der Waals surface area contributed by atoms with Gasteiger partial charge in [-0.25, -0.2) is 4.98 Å². The maximum atomic E-state index is 10.5. The molecule has 0 aliphatic heterocycles. The molecule has 0 spiro atoms. The molecule has 0 amide bonds. The summed E-state index contributed by atoms with van der Waals surface area (Å²) in [7, 11) is 0. The maximum Gasteiger partial charge on any atom is 0.329 e. The summed E-state index contributed by atoms with van der Waals surface area (Å²) in [5, 5.41) is 0. The van der Waals surface area contributed by atoms with Gasteiger partial charge in [0, 0.05) is 13.1 Å². The lowest BCUT2D eigenvalue weighted by molar-refractivity contribution is -0.138. The fourth-order valence-electron chi connectivity index (χ4n) is 0.729. The number of anilines is 1. The van der Waals surface area contributed by atoms with Gasteiger partial charge in [-0.1, -0.05) is 0 Å². The molecule has 0 bridgehead atoms. The van der Waals surface area contributed by atoms with Gasteiger partial charge >= 0.3 is 5.97 Å². The Labute approximate surface area is 89.8 Å². The highest BCUT2D eigenvalue weighted by atomic mass is 127. The van der Waals surface area contributed by atoms with Crippen LogP contribution in [0.1, 0.15) is 12.5 Å². The predicted molar refractivity (Wildman–Crippen MR) is 57.1 cm³/mol. The number of pyridine rings is 1. The Bertz CT molecular complexity index is 328. The summed E-state index contributed by atoms with van der Waals surface area (Å²) in [6, 6.07) is 1.94. The number of nitrogens with one attached hydrogen (secondary N) is 1. The van der Waals surface area contributed by atoms with Crippen LogP contribution < -0.4 is 5.48 Å². The smallest absolute Gasteiger partial charge is 0.329 e. The third-order valence-electron chi connectivity index (χ3n) is 1.27. The number of carbonyl (C=O) groups is 1. The molecule has 70 valence electrons. The molecular weight excluding hydrogens is 283 g/mol. The van der Waals surface area contributed by atoms with Gasteiger partial charge < -0.3 is 4.84 Å². The quantitative estimate of drug-likeness (QED) is 0.668. The minimum Gasteiger partial charge on any atom is -0.342 e. The Balaban J connectivity index is 2.72. The lowest BCUT2D eigenvalue weighted by Crippen LogP contribution is -2.08. The van der Waals surface area contributed by atoms with Crippen LogP contribution in [0, 0.1) is 10.5 Å². The highest BCUT2D eigenvalue weighted by Gasteiger charge is 2.01. The number of aromatic nitrogens is 1. The molecule has 0 saturated heterocycles. The summed E-state index contributed by atoms with van der Waals surface area (Å²) >= 11 is 2.12. The van der Waals surface area contributed by atoms with Crippen molar-refractivity contribution in [2.45, 2.75) is 13.8 Å². The first kappa shape index (κ1) is 10.2. The van der Waals surface area contributed by atoms with Crippen LogP contribution in [-0.4, -0.2) is 11.0 Å². The standard InChI is InChI=1S/C8H9IN2O2/c1-5-3-7(9)8(10-4-5)11-13-6(2)12/h3-4H,1-2H3,(H,10,11). The average Bonchev–Trinajstić information content (AvgIpc) is 2.02. The van der Waals surface area contributed by atoms with E-state index in [9.17, 15) is 4.79 Å². The summed E-state index contributed by atoms with van der Waals surface area (Å²) in [6.45, 7) is 3.28. The highest BCUT2D eigenvalue weighted by molar-refractivity contribution is 14.1. The van der Waals surface area contributed by atoms with Gasteiger partial charge in [0.05, 0.1) is 3.57 Å². The van der Waals surface area contributed by atoms with Gasteiger partial charge in [-0.05, 0) is 41.1 Å². The van der Waals surface area contributed by atoms with E-state index in [1.54, 1.807) is 6.20 Å². The van der Waals surface area contributed by atoms with Crippen molar-refractivity contribution in [2.24, 2.45) is 0 Å². The van der Waals surface area contributed by atoms with E-state index in [-0.39, 0.29) is 0 Å². The molecule has 1 heterocycles. The SMILES string of the molecule is CC(=O)ONc1ncc(C)cc1I. The van der Waals surface area contributed by atoms with Crippen LogP contribution in [0.5, 0.6) is 0 Å². The molecule has 1 rings (SSSR count). The molecule has 0 unspecified atom stereocenters. The van der Waals surface area contributed by atoms with Crippen molar-refractivity contribution in [3.63, 3.8) is 0 Å². The van der Waals surface area contributed by atoms with E-state index in [2.05, 4.69) is 37.9 Å². The summed E-state index contributed by atoms with van der Waals surface area (Å²) in [5.41, 5.74) is 3.54. The Hall–Kier alpha value is -0.850. The highest BCUT2D eigenvalue weighted by Crippen LogP contribution is 2.15. The van der Waals surface area contributed by atoms with Crippen molar-refractivity contribution in [2.75, 3.05) is 5.48 Å². The monoisotopic (exact) mass is 292 g/mol. The molecule has 0 saturated carbocycles. The molecular formula is C8H9IN2O2. The second-order valence-corrected chi connectivity index (χ2v) is 3.70. The first-order chi connectivity index (χ1) is 6.09. The molecule has 0 radical (unpaired) electrons. The average molecular weight is 292 g/mol. The molecule has 0 aromatic carbocycles. The van der Waals surface area contributed by atoms with Crippen LogP contribution in [-0.2, 0) is 9.63 Å². The van der Waals surface area contributed by atoms with E-state index < -0.39 is 5.97 Å². The minimum atomic E-state index is -0.391. The van der Waals surface area contributed by atoms with E-state index in [1.807, 2.05) is 13.0 Å². The number of nitrogens with zero attached hydrogens (tertiary/aromatic N) is 1. The van der Waals surface area contributed by atoms with Crippen molar-refractivity contribution in [3.05, 3.63) is 21.4 Å². The Morgan fingerprint density at radius 2 is 2.38 bits per heavy atom. The zero-order valence-electron chi connectivity index (χ0n) is 7.30. The van der Waals surface area contributed by atoms with Crippen LogP contribution in [0.3, 0.4) is 0 Å². The second-order valence-electron chi connectivity index (χ2n) is 2.54. The van der Waals surface area contributed by atoms with Crippen molar-refractivity contribution < 1.29 is 9.63 Å². The van der Waals surface area contributed by atoms with Crippen molar-refractivity contribution in [1.82, 2.24) is 4.98 Å². The molecule has 5 heteroatoms. The molecule has 13 heavy (non-hydrogen) atoms. The van der Waals surface area contributed by atoms with E-state index in [0.717, 1.165) is 9.13 Å². The number of hydrogen-bond donors (Lipinski definition) is 1. The Morgan fingerprint density at radius 3 is 2.92 bits per heavy atom. The minimum absolute atomic E-state index is 0.391. The third kappa shape index (κ3) is 3.17. The van der Waals surface area contributed by atoms with Crippen molar-refractivity contribution in [1.29, 1.82) is 0 Å². The largest absolute Gasteiger partial charge is 0.342 e. The number of aryl methyl sites for hydroxylation is 1. The normalized spacial score (nSPS) is 9.46. The summed E-state index contributed by atoms with van der Waals surface area (Å²) in [6.07, 6.45) is 1.70. The van der Waals surface area contributed by atoms with Gasteiger partial charge in [-0.3, -0.25) is 4.79 Å². The van der Waals surface area contributed by atoms with E-state index >= 15 is 0 Å². The van der Waals surface area contributed by atoms with E-state index in [4.69, 9.17) is 0 Å². The van der Waals surface area contributed by atoms with Crippen LogP contribution in [0.25, 0.3) is 0 Å². The summed E-state index contributed by atoms with van der Waals surface area (Å²) < 4.78 is 0.916. The Morgan fingerprint density at radius 1 is 1.69 bits per heavy atom. The fourth-order valence-corrected chi connectivity index (χ4v) is 1.47. The molecule has 0 atom stereocenters. The van der Waals surface area contributed by atoms with E-state index in [0.29, 0.717) is 5.82 Å². The Kier molecular flexibility index (Phi) is 3.47. The zero-order valence-corrected chi connectivity index (χ0v) is 9.45. The lowest BCUT2D eigenvalue weighted by atomic mass is 10.3. The predicted octanol–water partition coefficient (Wildman–Crippen LogP) is 1.88. The van der Waals surface area contributed by atoms with Crippen molar-refractivity contribution >= 4 is 34.4 Å². The van der Waals surface area contributed by atoms with Crippen LogP contribution >= 0.6 is 22.6 Å².